The highest BCUT2D eigenvalue weighted by Gasteiger charge is 2.16. The van der Waals surface area contributed by atoms with E-state index in [-0.39, 0.29) is 0 Å². The van der Waals surface area contributed by atoms with Gasteiger partial charge in [0.2, 0.25) is 5.90 Å². The summed E-state index contributed by atoms with van der Waals surface area (Å²) in [5, 5.41) is 0. The predicted octanol–water partition coefficient (Wildman–Crippen LogP) is 3.90. The normalized spacial score (nSPS) is 15.6. The molecule has 0 saturated carbocycles. The minimum Gasteiger partial charge on any atom is -0.476 e. The van der Waals surface area contributed by atoms with Crippen molar-refractivity contribution in [2.24, 2.45) is 4.99 Å². The molecule has 1 aliphatic rings. The van der Waals surface area contributed by atoms with E-state index in [1.807, 2.05) is 0 Å². The molecule has 0 radical (unpaired) electrons. The molecule has 90 valence electrons. The smallest absolute Gasteiger partial charge is 0.216 e. The summed E-state index contributed by atoms with van der Waals surface area (Å²) < 4.78 is 6.84. The van der Waals surface area contributed by atoms with Gasteiger partial charge in [0.15, 0.2) is 0 Å². The van der Waals surface area contributed by atoms with Crippen LogP contribution in [0, 0.1) is 3.57 Å². The number of nitrogens with zero attached hydrogens (tertiary/aromatic N) is 1. The Bertz CT molecular complexity index is 451. The maximum Gasteiger partial charge on any atom is 0.216 e. The molecule has 0 fully saturated rings. The second kappa shape index (κ2) is 6.19. The van der Waals surface area contributed by atoms with Crippen molar-refractivity contribution in [3.8, 4) is 0 Å². The molecule has 3 heteroatoms. The van der Waals surface area contributed by atoms with Crippen LogP contribution in [0.3, 0.4) is 0 Å². The molecule has 0 aliphatic carbocycles. The van der Waals surface area contributed by atoms with Crippen LogP contribution in [0.15, 0.2) is 35.3 Å². The third-order valence-electron chi connectivity index (χ3n) is 2.62. The fourth-order valence-corrected chi connectivity index (χ4v) is 2.46. The molecule has 0 bridgehead atoms. The van der Waals surface area contributed by atoms with Gasteiger partial charge >= 0.3 is 0 Å². The molecule has 1 aliphatic heterocycles. The first-order valence-electron chi connectivity index (χ1n) is 5.95. The fraction of sp³-hybridized carbons (Fsp3) is 0.357. The standard InChI is InChI=1S/C14H16INO/c1-2-3-6-12(14-16-9-10-17-14)11-7-4-5-8-13(11)15/h4-8H,2-3,9-10H2,1H3/b12-6+. The number of aliphatic imine (C=N–C) groups is 1. The Hall–Kier alpha value is -0.840. The largest absolute Gasteiger partial charge is 0.476 e. The molecular weight excluding hydrogens is 325 g/mol. The van der Waals surface area contributed by atoms with Gasteiger partial charge in [0.1, 0.15) is 6.61 Å². The molecule has 0 aromatic heterocycles. The number of halogens is 1. The highest BCUT2D eigenvalue weighted by atomic mass is 127. The molecular formula is C14H16INO. The second-order valence-electron chi connectivity index (χ2n) is 3.92. The zero-order chi connectivity index (χ0) is 12.1. The highest BCUT2D eigenvalue weighted by molar-refractivity contribution is 14.1. The second-order valence-corrected chi connectivity index (χ2v) is 5.08. The summed E-state index contributed by atoms with van der Waals surface area (Å²) in [6, 6.07) is 8.37. The predicted molar refractivity (Wildman–Crippen MR) is 80.3 cm³/mol. The Balaban J connectivity index is 2.37. The van der Waals surface area contributed by atoms with Gasteiger partial charge in [-0.05, 0) is 35.1 Å². The molecule has 0 atom stereocenters. The van der Waals surface area contributed by atoms with Gasteiger partial charge in [-0.1, -0.05) is 37.6 Å². The number of benzene rings is 1. The quantitative estimate of drug-likeness (QED) is 0.761. The van der Waals surface area contributed by atoms with Gasteiger partial charge in [0.05, 0.1) is 6.54 Å². The number of ether oxygens (including phenoxy) is 1. The van der Waals surface area contributed by atoms with E-state index in [2.05, 4.69) is 64.8 Å². The maximum atomic E-state index is 5.60. The average molecular weight is 341 g/mol. The Kier molecular flexibility index (Phi) is 4.59. The van der Waals surface area contributed by atoms with Crippen LogP contribution in [0.1, 0.15) is 25.3 Å². The number of rotatable bonds is 4. The average Bonchev–Trinajstić information content (AvgIpc) is 2.85. The van der Waals surface area contributed by atoms with Crippen LogP contribution >= 0.6 is 22.6 Å². The van der Waals surface area contributed by atoms with Crippen molar-refractivity contribution in [1.29, 1.82) is 0 Å². The van der Waals surface area contributed by atoms with Crippen LogP contribution < -0.4 is 0 Å². The molecule has 1 aromatic rings. The van der Waals surface area contributed by atoms with Crippen molar-refractivity contribution in [3.63, 3.8) is 0 Å². The molecule has 2 rings (SSSR count). The Morgan fingerprint density at radius 1 is 1.47 bits per heavy atom. The Morgan fingerprint density at radius 3 is 2.94 bits per heavy atom. The van der Waals surface area contributed by atoms with Crippen LogP contribution in [0.5, 0.6) is 0 Å². The Morgan fingerprint density at radius 2 is 2.29 bits per heavy atom. The van der Waals surface area contributed by atoms with E-state index in [1.54, 1.807) is 0 Å². The Labute approximate surface area is 116 Å². The summed E-state index contributed by atoms with van der Waals surface area (Å²) in [5.74, 6) is 0.808. The number of hydrogen-bond acceptors (Lipinski definition) is 2. The lowest BCUT2D eigenvalue weighted by Crippen LogP contribution is -2.04. The molecule has 1 aromatic carbocycles. The monoisotopic (exact) mass is 341 g/mol. The van der Waals surface area contributed by atoms with Crippen molar-refractivity contribution >= 4 is 34.1 Å². The van der Waals surface area contributed by atoms with Gasteiger partial charge in [-0.25, -0.2) is 4.99 Å². The molecule has 0 N–H and O–H groups in total. The van der Waals surface area contributed by atoms with Gasteiger partial charge in [-0.2, -0.15) is 0 Å². The highest BCUT2D eigenvalue weighted by Crippen LogP contribution is 2.25. The minimum absolute atomic E-state index is 0.711. The topological polar surface area (TPSA) is 21.6 Å². The zero-order valence-electron chi connectivity index (χ0n) is 9.95. The molecule has 0 saturated heterocycles. The molecule has 0 spiro atoms. The van der Waals surface area contributed by atoms with Gasteiger partial charge in [-0.3, -0.25) is 0 Å². The van der Waals surface area contributed by atoms with E-state index in [1.165, 1.54) is 9.13 Å². The van der Waals surface area contributed by atoms with E-state index in [0.29, 0.717) is 6.61 Å². The molecule has 17 heavy (non-hydrogen) atoms. The summed E-state index contributed by atoms with van der Waals surface area (Å²) >= 11 is 2.36. The summed E-state index contributed by atoms with van der Waals surface area (Å²) in [6.45, 7) is 3.67. The van der Waals surface area contributed by atoms with Gasteiger partial charge in [0.25, 0.3) is 0 Å². The number of allylic oxidation sites excluding steroid dienone is 1. The molecule has 2 nitrogen and oxygen atoms in total. The summed E-state index contributed by atoms with van der Waals surface area (Å²) in [7, 11) is 0. The molecule has 0 unspecified atom stereocenters. The fourth-order valence-electron chi connectivity index (χ4n) is 1.78. The first-order chi connectivity index (χ1) is 8.33. The van der Waals surface area contributed by atoms with E-state index in [0.717, 1.165) is 30.9 Å². The van der Waals surface area contributed by atoms with Crippen molar-refractivity contribution in [1.82, 2.24) is 0 Å². The van der Waals surface area contributed by atoms with Gasteiger partial charge < -0.3 is 4.74 Å². The van der Waals surface area contributed by atoms with E-state index < -0.39 is 0 Å². The molecule has 1 heterocycles. The van der Waals surface area contributed by atoms with Crippen molar-refractivity contribution in [2.45, 2.75) is 19.8 Å². The third kappa shape index (κ3) is 3.09. The lowest BCUT2D eigenvalue weighted by Gasteiger charge is -2.10. The van der Waals surface area contributed by atoms with E-state index >= 15 is 0 Å². The molecule has 0 amide bonds. The third-order valence-corrected chi connectivity index (χ3v) is 3.56. The first kappa shape index (κ1) is 12.6. The van der Waals surface area contributed by atoms with Gasteiger partial charge in [0, 0.05) is 14.7 Å². The lowest BCUT2D eigenvalue weighted by atomic mass is 10.0. The zero-order valence-corrected chi connectivity index (χ0v) is 12.1. The summed E-state index contributed by atoms with van der Waals surface area (Å²) in [5.41, 5.74) is 2.37. The van der Waals surface area contributed by atoms with Crippen molar-refractivity contribution in [3.05, 3.63) is 39.5 Å². The summed E-state index contributed by atoms with van der Waals surface area (Å²) in [4.78, 5) is 4.43. The van der Waals surface area contributed by atoms with Crippen LogP contribution in [0.2, 0.25) is 0 Å². The van der Waals surface area contributed by atoms with Crippen molar-refractivity contribution in [2.75, 3.05) is 13.2 Å². The van der Waals surface area contributed by atoms with Crippen LogP contribution in [0.4, 0.5) is 0 Å². The van der Waals surface area contributed by atoms with E-state index in [4.69, 9.17) is 4.74 Å². The first-order valence-corrected chi connectivity index (χ1v) is 7.03. The summed E-state index contributed by atoms with van der Waals surface area (Å²) in [6.07, 6.45) is 4.44. The van der Waals surface area contributed by atoms with Gasteiger partial charge in [-0.15, -0.1) is 0 Å². The van der Waals surface area contributed by atoms with Crippen LogP contribution in [-0.2, 0) is 4.74 Å². The van der Waals surface area contributed by atoms with Crippen LogP contribution in [-0.4, -0.2) is 19.0 Å². The minimum atomic E-state index is 0.711. The SMILES string of the molecule is CCC/C=C(/C1=NCCO1)c1ccccc1I. The maximum absolute atomic E-state index is 5.60. The van der Waals surface area contributed by atoms with Crippen LogP contribution in [0.25, 0.3) is 5.57 Å². The number of unbranched alkanes of at least 4 members (excludes halogenated alkanes) is 1. The van der Waals surface area contributed by atoms with E-state index in [9.17, 15) is 0 Å². The van der Waals surface area contributed by atoms with Crippen molar-refractivity contribution < 1.29 is 4.74 Å². The lowest BCUT2D eigenvalue weighted by molar-refractivity contribution is 0.351. The number of hydrogen-bond donors (Lipinski definition) is 0.